The predicted octanol–water partition coefficient (Wildman–Crippen LogP) is 1.99. The Morgan fingerprint density at radius 2 is 1.79 bits per heavy atom. The fraction of sp³-hybridized carbons (Fsp3) is 0.333. The molecule has 2 heteroatoms. The van der Waals surface area contributed by atoms with Crippen LogP contribution in [0.1, 0.15) is 5.56 Å². The van der Waals surface area contributed by atoms with Crippen molar-refractivity contribution in [3.05, 3.63) is 42.1 Å². The molecule has 0 radical (unpaired) electrons. The van der Waals surface area contributed by atoms with Gasteiger partial charge >= 0.3 is 0 Å². The van der Waals surface area contributed by atoms with Crippen LogP contribution in [0.15, 0.2) is 36.5 Å². The Labute approximate surface area is 84.8 Å². The van der Waals surface area contributed by atoms with Crippen molar-refractivity contribution in [2.24, 2.45) is 0 Å². The summed E-state index contributed by atoms with van der Waals surface area (Å²) in [4.78, 5) is 2.29. The molecule has 0 bridgehead atoms. The maximum atomic E-state index is 5.28. The molecule has 0 N–H and O–H groups in total. The van der Waals surface area contributed by atoms with Gasteiger partial charge < -0.3 is 9.64 Å². The third-order valence-corrected chi connectivity index (χ3v) is 2.32. The average molecular weight is 189 g/mol. The second kappa shape index (κ2) is 4.82. The van der Waals surface area contributed by atoms with E-state index in [2.05, 4.69) is 41.4 Å². The average Bonchev–Trinajstić information content (AvgIpc) is 2.29. The van der Waals surface area contributed by atoms with Crippen LogP contribution in [0.4, 0.5) is 0 Å². The van der Waals surface area contributed by atoms with Crippen LogP contribution in [0.25, 0.3) is 6.08 Å². The number of nitrogens with zero attached hydrogens (tertiary/aromatic N) is 1. The highest BCUT2D eigenvalue weighted by molar-refractivity contribution is 5.48. The number of benzene rings is 1. The molecule has 1 aliphatic rings. The van der Waals surface area contributed by atoms with Crippen LogP contribution in [-0.2, 0) is 4.74 Å². The molecule has 74 valence electrons. The Morgan fingerprint density at radius 3 is 2.50 bits per heavy atom. The number of hydrogen-bond donors (Lipinski definition) is 0. The van der Waals surface area contributed by atoms with Gasteiger partial charge in [0.05, 0.1) is 13.2 Å². The zero-order valence-corrected chi connectivity index (χ0v) is 8.23. The van der Waals surface area contributed by atoms with Crippen molar-refractivity contribution in [1.82, 2.24) is 4.90 Å². The zero-order chi connectivity index (χ0) is 9.64. The van der Waals surface area contributed by atoms with Gasteiger partial charge in [-0.2, -0.15) is 0 Å². The highest BCUT2D eigenvalue weighted by Crippen LogP contribution is 2.04. The first-order valence-corrected chi connectivity index (χ1v) is 5.00. The monoisotopic (exact) mass is 189 g/mol. The maximum absolute atomic E-state index is 5.28. The van der Waals surface area contributed by atoms with Gasteiger partial charge in [-0.25, -0.2) is 0 Å². The number of rotatable bonds is 2. The van der Waals surface area contributed by atoms with Gasteiger partial charge in [0.15, 0.2) is 0 Å². The SMILES string of the molecule is C(=C\N1CCOCC1)/c1ccccc1. The summed E-state index contributed by atoms with van der Waals surface area (Å²) in [6, 6.07) is 10.4. The fourth-order valence-electron chi connectivity index (χ4n) is 1.48. The number of ether oxygens (including phenoxy) is 1. The minimum absolute atomic E-state index is 0.846. The summed E-state index contributed by atoms with van der Waals surface area (Å²) in [6.07, 6.45) is 4.29. The molecular formula is C12H15NO. The van der Waals surface area contributed by atoms with E-state index in [1.165, 1.54) is 5.56 Å². The summed E-state index contributed by atoms with van der Waals surface area (Å²) in [5.41, 5.74) is 1.25. The molecule has 2 rings (SSSR count). The van der Waals surface area contributed by atoms with Crippen LogP contribution in [-0.4, -0.2) is 31.2 Å². The predicted molar refractivity (Wildman–Crippen MR) is 57.9 cm³/mol. The van der Waals surface area contributed by atoms with E-state index in [4.69, 9.17) is 4.74 Å². The minimum Gasteiger partial charge on any atom is -0.378 e. The van der Waals surface area contributed by atoms with Gasteiger partial charge in [0.25, 0.3) is 0 Å². The summed E-state index contributed by atoms with van der Waals surface area (Å²) >= 11 is 0. The summed E-state index contributed by atoms with van der Waals surface area (Å²) < 4.78 is 5.28. The quantitative estimate of drug-likeness (QED) is 0.705. The molecule has 1 aliphatic heterocycles. The third-order valence-electron chi connectivity index (χ3n) is 2.32. The highest BCUT2D eigenvalue weighted by atomic mass is 16.5. The van der Waals surface area contributed by atoms with E-state index in [-0.39, 0.29) is 0 Å². The standard InChI is InChI=1S/C12H15NO/c1-2-4-12(5-3-1)6-7-13-8-10-14-11-9-13/h1-7H,8-11H2/b7-6+. The first-order chi connectivity index (χ1) is 6.95. The van der Waals surface area contributed by atoms with E-state index in [1.54, 1.807) is 0 Å². The molecule has 1 aromatic rings. The Hall–Kier alpha value is -1.28. The largest absolute Gasteiger partial charge is 0.378 e. The van der Waals surface area contributed by atoms with E-state index in [0.29, 0.717) is 0 Å². The summed E-state index contributed by atoms with van der Waals surface area (Å²) in [5, 5.41) is 0. The van der Waals surface area contributed by atoms with Gasteiger partial charge in [0, 0.05) is 13.1 Å². The van der Waals surface area contributed by atoms with Gasteiger partial charge in [-0.1, -0.05) is 30.3 Å². The topological polar surface area (TPSA) is 12.5 Å². The Morgan fingerprint density at radius 1 is 1.07 bits per heavy atom. The Bertz CT molecular complexity index is 288. The van der Waals surface area contributed by atoms with Crippen molar-refractivity contribution in [2.75, 3.05) is 26.3 Å². The highest BCUT2D eigenvalue weighted by Gasteiger charge is 2.04. The molecule has 0 atom stereocenters. The maximum Gasteiger partial charge on any atom is 0.0642 e. The molecule has 0 saturated carbocycles. The van der Waals surface area contributed by atoms with Gasteiger partial charge in [-0.05, 0) is 17.8 Å². The Kier molecular flexibility index (Phi) is 3.19. The summed E-state index contributed by atoms with van der Waals surface area (Å²) in [6.45, 7) is 3.70. The van der Waals surface area contributed by atoms with E-state index in [0.717, 1.165) is 26.3 Å². The van der Waals surface area contributed by atoms with Crippen molar-refractivity contribution < 1.29 is 4.74 Å². The normalized spacial score (nSPS) is 17.6. The van der Waals surface area contributed by atoms with E-state index >= 15 is 0 Å². The molecule has 1 heterocycles. The molecule has 0 amide bonds. The lowest BCUT2D eigenvalue weighted by molar-refractivity contribution is 0.0597. The molecule has 1 saturated heterocycles. The lowest BCUT2D eigenvalue weighted by Crippen LogP contribution is -2.31. The molecule has 2 nitrogen and oxygen atoms in total. The van der Waals surface area contributed by atoms with Crippen LogP contribution in [0.5, 0.6) is 0 Å². The fourth-order valence-corrected chi connectivity index (χ4v) is 1.48. The summed E-state index contributed by atoms with van der Waals surface area (Å²) in [5.74, 6) is 0. The van der Waals surface area contributed by atoms with Crippen LogP contribution in [0.3, 0.4) is 0 Å². The second-order valence-corrected chi connectivity index (χ2v) is 3.37. The van der Waals surface area contributed by atoms with E-state index in [9.17, 15) is 0 Å². The van der Waals surface area contributed by atoms with E-state index < -0.39 is 0 Å². The molecule has 1 fully saturated rings. The number of morpholine rings is 1. The van der Waals surface area contributed by atoms with Crippen LogP contribution >= 0.6 is 0 Å². The first kappa shape index (κ1) is 9.28. The van der Waals surface area contributed by atoms with Crippen molar-refractivity contribution in [3.8, 4) is 0 Å². The van der Waals surface area contributed by atoms with Crippen LogP contribution < -0.4 is 0 Å². The van der Waals surface area contributed by atoms with Crippen molar-refractivity contribution in [1.29, 1.82) is 0 Å². The molecule has 1 aromatic carbocycles. The molecular weight excluding hydrogens is 174 g/mol. The van der Waals surface area contributed by atoms with Crippen molar-refractivity contribution in [3.63, 3.8) is 0 Å². The van der Waals surface area contributed by atoms with Crippen LogP contribution in [0.2, 0.25) is 0 Å². The van der Waals surface area contributed by atoms with Crippen LogP contribution in [0, 0.1) is 0 Å². The summed E-state index contributed by atoms with van der Waals surface area (Å²) in [7, 11) is 0. The molecule has 0 aromatic heterocycles. The molecule has 14 heavy (non-hydrogen) atoms. The Balaban J connectivity index is 1.93. The second-order valence-electron chi connectivity index (χ2n) is 3.37. The van der Waals surface area contributed by atoms with Gasteiger partial charge in [0.1, 0.15) is 0 Å². The molecule has 0 unspecified atom stereocenters. The number of hydrogen-bond acceptors (Lipinski definition) is 2. The molecule has 0 aliphatic carbocycles. The van der Waals surface area contributed by atoms with Gasteiger partial charge in [-0.15, -0.1) is 0 Å². The lowest BCUT2D eigenvalue weighted by atomic mass is 10.2. The third kappa shape index (κ3) is 2.60. The van der Waals surface area contributed by atoms with Gasteiger partial charge in [0.2, 0.25) is 0 Å². The van der Waals surface area contributed by atoms with Crippen molar-refractivity contribution in [2.45, 2.75) is 0 Å². The zero-order valence-electron chi connectivity index (χ0n) is 8.23. The first-order valence-electron chi connectivity index (χ1n) is 5.00. The van der Waals surface area contributed by atoms with E-state index in [1.807, 2.05) is 6.07 Å². The van der Waals surface area contributed by atoms with Gasteiger partial charge in [-0.3, -0.25) is 0 Å². The lowest BCUT2D eigenvalue weighted by Gasteiger charge is -2.24. The molecule has 0 spiro atoms. The van der Waals surface area contributed by atoms with Crippen molar-refractivity contribution >= 4 is 6.08 Å². The minimum atomic E-state index is 0.846. The smallest absolute Gasteiger partial charge is 0.0642 e.